The van der Waals surface area contributed by atoms with Gasteiger partial charge >= 0.3 is 0 Å². The average Bonchev–Trinajstić information content (AvgIpc) is 2.70. The Morgan fingerprint density at radius 3 is 2.30 bits per heavy atom. The molecular formula is C21H26N4O2. The molecule has 6 heteroatoms. The summed E-state index contributed by atoms with van der Waals surface area (Å²) < 4.78 is 1.55. The molecule has 2 aromatic heterocycles. The molecule has 0 fully saturated rings. The molecule has 3 rings (SSSR count). The lowest BCUT2D eigenvalue weighted by atomic mass is 10.2. The van der Waals surface area contributed by atoms with Gasteiger partial charge in [-0.05, 0) is 25.5 Å². The van der Waals surface area contributed by atoms with Crippen LogP contribution in [0.5, 0.6) is 0 Å². The van der Waals surface area contributed by atoms with Gasteiger partial charge in [-0.2, -0.15) is 0 Å². The second-order valence-corrected chi connectivity index (χ2v) is 5.42. The van der Waals surface area contributed by atoms with Gasteiger partial charge in [-0.15, -0.1) is 0 Å². The lowest BCUT2D eigenvalue weighted by Crippen LogP contribution is -2.22. The normalized spacial score (nSPS) is 9.59. The SMILES string of the molecule is C.CC.Cc1ccc(-n2cc(CCC=O)nc(-c3cncnc3)c2=O)cc1. The molecule has 0 spiro atoms. The summed E-state index contributed by atoms with van der Waals surface area (Å²) >= 11 is 0. The topological polar surface area (TPSA) is 77.7 Å². The number of carbonyl (C=O) groups is 1. The summed E-state index contributed by atoms with van der Waals surface area (Å²) in [7, 11) is 0. The Morgan fingerprint density at radius 2 is 1.70 bits per heavy atom. The Hall–Kier alpha value is -3.15. The first-order chi connectivity index (χ1) is 12.7. The molecule has 0 aliphatic heterocycles. The van der Waals surface area contributed by atoms with Crippen molar-refractivity contribution >= 4 is 6.29 Å². The van der Waals surface area contributed by atoms with Gasteiger partial charge < -0.3 is 4.79 Å². The lowest BCUT2D eigenvalue weighted by Gasteiger charge is -2.11. The average molecular weight is 366 g/mol. The first-order valence-electron chi connectivity index (χ1n) is 8.57. The first-order valence-corrected chi connectivity index (χ1v) is 8.57. The zero-order valence-electron chi connectivity index (χ0n) is 15.2. The van der Waals surface area contributed by atoms with Crippen molar-refractivity contribution in [1.82, 2.24) is 19.5 Å². The smallest absolute Gasteiger partial charge is 0.281 e. The molecule has 142 valence electrons. The molecule has 0 aliphatic carbocycles. The maximum atomic E-state index is 12.9. The Kier molecular flexibility index (Phi) is 8.72. The van der Waals surface area contributed by atoms with Crippen molar-refractivity contribution in [1.29, 1.82) is 0 Å². The van der Waals surface area contributed by atoms with E-state index in [1.807, 2.05) is 45.0 Å². The van der Waals surface area contributed by atoms with Crippen LogP contribution in [0.4, 0.5) is 0 Å². The fraction of sp³-hybridized carbons (Fsp3) is 0.286. The minimum Gasteiger partial charge on any atom is -0.303 e. The molecule has 0 saturated carbocycles. The molecule has 0 saturated heterocycles. The lowest BCUT2D eigenvalue weighted by molar-refractivity contribution is -0.107. The summed E-state index contributed by atoms with van der Waals surface area (Å²) in [5, 5.41) is 0. The zero-order chi connectivity index (χ0) is 18.9. The molecule has 27 heavy (non-hydrogen) atoms. The Morgan fingerprint density at radius 1 is 1.07 bits per heavy atom. The maximum Gasteiger partial charge on any atom is 0.281 e. The van der Waals surface area contributed by atoms with Crippen molar-refractivity contribution in [3.63, 3.8) is 0 Å². The van der Waals surface area contributed by atoms with E-state index in [2.05, 4.69) is 15.0 Å². The van der Waals surface area contributed by atoms with E-state index in [-0.39, 0.29) is 18.7 Å². The molecule has 0 amide bonds. The number of aryl methyl sites for hydroxylation is 2. The molecule has 0 aliphatic rings. The number of nitrogens with zero attached hydrogens (tertiary/aromatic N) is 4. The highest BCUT2D eigenvalue weighted by Gasteiger charge is 2.12. The van der Waals surface area contributed by atoms with Gasteiger partial charge in [0.15, 0.2) is 0 Å². The van der Waals surface area contributed by atoms with Gasteiger partial charge in [-0.25, -0.2) is 15.0 Å². The van der Waals surface area contributed by atoms with E-state index in [1.54, 1.807) is 23.2 Å². The molecule has 0 N–H and O–H groups in total. The number of aromatic nitrogens is 4. The van der Waals surface area contributed by atoms with Gasteiger partial charge in [0, 0.05) is 36.3 Å². The van der Waals surface area contributed by atoms with Gasteiger partial charge in [-0.1, -0.05) is 39.0 Å². The van der Waals surface area contributed by atoms with Gasteiger partial charge in [0.2, 0.25) is 0 Å². The molecule has 0 radical (unpaired) electrons. The summed E-state index contributed by atoms with van der Waals surface area (Å²) in [6.07, 6.45) is 7.86. The monoisotopic (exact) mass is 366 g/mol. The number of carbonyl (C=O) groups excluding carboxylic acids is 1. The maximum absolute atomic E-state index is 12.9. The van der Waals surface area contributed by atoms with E-state index < -0.39 is 0 Å². The number of rotatable bonds is 5. The summed E-state index contributed by atoms with van der Waals surface area (Å²) in [5.74, 6) is 0. The van der Waals surface area contributed by atoms with Crippen molar-refractivity contribution in [3.8, 4) is 16.9 Å². The van der Waals surface area contributed by atoms with Crippen LogP contribution < -0.4 is 5.56 Å². The van der Waals surface area contributed by atoms with E-state index in [4.69, 9.17) is 0 Å². The molecule has 2 heterocycles. The van der Waals surface area contributed by atoms with Crippen molar-refractivity contribution < 1.29 is 4.79 Å². The third kappa shape index (κ3) is 5.41. The fourth-order valence-corrected chi connectivity index (χ4v) is 2.38. The highest BCUT2D eigenvalue weighted by molar-refractivity contribution is 5.56. The van der Waals surface area contributed by atoms with Crippen molar-refractivity contribution in [2.24, 2.45) is 0 Å². The first kappa shape index (κ1) is 21.9. The van der Waals surface area contributed by atoms with Crippen LogP contribution in [0.2, 0.25) is 0 Å². The summed E-state index contributed by atoms with van der Waals surface area (Å²) in [6, 6.07) is 7.65. The minimum atomic E-state index is -0.247. The van der Waals surface area contributed by atoms with Crippen LogP contribution in [0.3, 0.4) is 0 Å². The van der Waals surface area contributed by atoms with Crippen LogP contribution in [-0.4, -0.2) is 25.8 Å². The van der Waals surface area contributed by atoms with Gasteiger partial charge in [0.25, 0.3) is 5.56 Å². The minimum absolute atomic E-state index is 0. The summed E-state index contributed by atoms with van der Waals surface area (Å²) in [4.78, 5) is 35.8. The van der Waals surface area contributed by atoms with E-state index in [0.717, 1.165) is 17.5 Å². The standard InChI is InChI=1S/C18H16N4O2.C2H6.CH4/c1-13-4-6-16(7-5-13)22-11-15(3-2-8-23)21-17(18(22)24)14-9-19-12-20-10-14;1-2;/h4-12H,2-3H2,1H3;1-2H3;1H4. The third-order valence-electron chi connectivity index (χ3n) is 3.62. The molecule has 0 atom stereocenters. The zero-order valence-corrected chi connectivity index (χ0v) is 15.2. The van der Waals surface area contributed by atoms with Gasteiger partial charge in [0.1, 0.15) is 18.3 Å². The van der Waals surface area contributed by atoms with Crippen molar-refractivity contribution in [3.05, 3.63) is 70.8 Å². The van der Waals surface area contributed by atoms with Crippen LogP contribution in [0.25, 0.3) is 16.9 Å². The Bertz CT molecular complexity index is 904. The largest absolute Gasteiger partial charge is 0.303 e. The number of hydrogen-bond donors (Lipinski definition) is 0. The molecule has 0 unspecified atom stereocenters. The summed E-state index contributed by atoms with van der Waals surface area (Å²) in [6.45, 7) is 5.99. The molecule has 0 bridgehead atoms. The van der Waals surface area contributed by atoms with Gasteiger partial charge in [-0.3, -0.25) is 9.36 Å². The molecule has 3 aromatic rings. The second kappa shape index (κ2) is 10.8. The van der Waals surface area contributed by atoms with Crippen molar-refractivity contribution in [2.75, 3.05) is 0 Å². The number of benzene rings is 1. The molecule has 6 nitrogen and oxygen atoms in total. The van der Waals surface area contributed by atoms with Crippen LogP contribution in [0, 0.1) is 6.92 Å². The third-order valence-corrected chi connectivity index (χ3v) is 3.62. The summed E-state index contributed by atoms with van der Waals surface area (Å²) in [5.41, 5.74) is 3.11. The van der Waals surface area contributed by atoms with E-state index in [0.29, 0.717) is 24.1 Å². The second-order valence-electron chi connectivity index (χ2n) is 5.42. The van der Waals surface area contributed by atoms with Crippen molar-refractivity contribution in [2.45, 2.75) is 41.0 Å². The predicted octanol–water partition coefficient (Wildman–Crippen LogP) is 3.79. The predicted molar refractivity (Wildman–Crippen MR) is 108 cm³/mol. The van der Waals surface area contributed by atoms with E-state index in [9.17, 15) is 9.59 Å². The molecular weight excluding hydrogens is 340 g/mol. The Balaban J connectivity index is 0.00000118. The van der Waals surface area contributed by atoms with E-state index >= 15 is 0 Å². The van der Waals surface area contributed by atoms with Crippen LogP contribution in [0.1, 0.15) is 39.0 Å². The quantitative estimate of drug-likeness (QED) is 0.642. The van der Waals surface area contributed by atoms with Crippen LogP contribution in [-0.2, 0) is 11.2 Å². The van der Waals surface area contributed by atoms with Crippen LogP contribution >= 0.6 is 0 Å². The highest BCUT2D eigenvalue weighted by atomic mass is 16.1. The van der Waals surface area contributed by atoms with E-state index in [1.165, 1.54) is 6.33 Å². The van der Waals surface area contributed by atoms with Crippen LogP contribution in [0.15, 0.2) is 54.0 Å². The molecule has 1 aromatic carbocycles. The Labute approximate surface area is 160 Å². The number of hydrogen-bond acceptors (Lipinski definition) is 5. The number of aldehydes is 1. The van der Waals surface area contributed by atoms with Gasteiger partial charge in [0.05, 0.1) is 5.69 Å². The fourth-order valence-electron chi connectivity index (χ4n) is 2.38. The highest BCUT2D eigenvalue weighted by Crippen LogP contribution is 2.14.